The molecule has 0 unspecified atom stereocenters. The molecule has 1 N–H and O–H groups in total. The van der Waals surface area contributed by atoms with Crippen molar-refractivity contribution in [2.24, 2.45) is 0 Å². The summed E-state index contributed by atoms with van der Waals surface area (Å²) >= 11 is 0. The van der Waals surface area contributed by atoms with Gasteiger partial charge < -0.3 is 9.63 Å². The van der Waals surface area contributed by atoms with E-state index in [1.165, 1.54) is 12.1 Å². The number of halogens is 1. The van der Waals surface area contributed by atoms with Crippen LogP contribution in [0.5, 0.6) is 5.75 Å². The number of hydrogen-bond donors (Lipinski definition) is 1. The molecule has 0 amide bonds. The minimum Gasteiger partial charge on any atom is -0.508 e. The van der Waals surface area contributed by atoms with Crippen molar-refractivity contribution in [2.45, 2.75) is 6.42 Å². The monoisotopic (exact) mass is 270 g/mol. The standard InChI is InChI=1S/C15H11FN2O2/c16-12-6-4-11(5-7-12)15-17-14(20-18-15)9-10-2-1-3-13(19)8-10/h1-8,19H,9H2. The van der Waals surface area contributed by atoms with Crippen molar-refractivity contribution >= 4 is 0 Å². The molecule has 0 aliphatic heterocycles. The quantitative estimate of drug-likeness (QED) is 0.794. The molecule has 0 saturated heterocycles. The predicted octanol–water partition coefficient (Wildman–Crippen LogP) is 3.17. The molecule has 1 heterocycles. The summed E-state index contributed by atoms with van der Waals surface area (Å²) in [6.45, 7) is 0. The van der Waals surface area contributed by atoms with Crippen LogP contribution < -0.4 is 0 Å². The third-order valence-corrected chi connectivity index (χ3v) is 2.84. The second kappa shape index (κ2) is 5.13. The molecule has 0 atom stereocenters. The molecular formula is C15H11FN2O2. The highest BCUT2D eigenvalue weighted by atomic mass is 19.1. The number of phenolic OH excluding ortho intramolecular Hbond substituents is 1. The van der Waals surface area contributed by atoms with Crippen LogP contribution in [-0.4, -0.2) is 15.2 Å². The van der Waals surface area contributed by atoms with Crippen molar-refractivity contribution in [2.75, 3.05) is 0 Å². The Balaban J connectivity index is 1.82. The summed E-state index contributed by atoms with van der Waals surface area (Å²) < 4.78 is 18.0. The van der Waals surface area contributed by atoms with Crippen LogP contribution in [-0.2, 0) is 6.42 Å². The van der Waals surface area contributed by atoms with Crippen LogP contribution in [0.25, 0.3) is 11.4 Å². The van der Waals surface area contributed by atoms with Crippen LogP contribution in [0, 0.1) is 5.82 Å². The minimum absolute atomic E-state index is 0.195. The van der Waals surface area contributed by atoms with Crippen LogP contribution >= 0.6 is 0 Å². The lowest BCUT2D eigenvalue weighted by molar-refractivity contribution is 0.385. The molecule has 2 aromatic carbocycles. The Morgan fingerprint density at radius 3 is 2.65 bits per heavy atom. The summed E-state index contributed by atoms with van der Waals surface area (Å²) in [5.74, 6) is 0.744. The second-order valence-electron chi connectivity index (χ2n) is 4.37. The Labute approximate surface area is 114 Å². The number of rotatable bonds is 3. The van der Waals surface area contributed by atoms with E-state index in [-0.39, 0.29) is 11.6 Å². The number of phenols is 1. The topological polar surface area (TPSA) is 59.2 Å². The van der Waals surface area contributed by atoms with E-state index >= 15 is 0 Å². The lowest BCUT2D eigenvalue weighted by Gasteiger charge is -1.97. The fourth-order valence-corrected chi connectivity index (χ4v) is 1.88. The van der Waals surface area contributed by atoms with Crippen LogP contribution in [0.15, 0.2) is 53.1 Å². The van der Waals surface area contributed by atoms with Gasteiger partial charge in [0.15, 0.2) is 0 Å². The van der Waals surface area contributed by atoms with Crippen molar-refractivity contribution in [1.29, 1.82) is 0 Å². The number of aromatic hydroxyl groups is 1. The van der Waals surface area contributed by atoms with Crippen molar-refractivity contribution in [3.05, 3.63) is 65.8 Å². The van der Waals surface area contributed by atoms with Crippen LogP contribution in [0.2, 0.25) is 0 Å². The molecule has 5 heteroatoms. The van der Waals surface area contributed by atoms with E-state index in [9.17, 15) is 9.50 Å². The number of benzene rings is 2. The largest absolute Gasteiger partial charge is 0.508 e. The highest BCUT2D eigenvalue weighted by molar-refractivity contribution is 5.53. The Morgan fingerprint density at radius 1 is 1.10 bits per heavy atom. The number of hydrogen-bond acceptors (Lipinski definition) is 4. The van der Waals surface area contributed by atoms with E-state index in [1.807, 2.05) is 6.07 Å². The first-order valence-electron chi connectivity index (χ1n) is 6.07. The average Bonchev–Trinajstić information content (AvgIpc) is 2.88. The fourth-order valence-electron chi connectivity index (χ4n) is 1.88. The van der Waals surface area contributed by atoms with Crippen molar-refractivity contribution in [3.63, 3.8) is 0 Å². The van der Waals surface area contributed by atoms with Gasteiger partial charge in [-0.15, -0.1) is 0 Å². The molecule has 1 aromatic heterocycles. The van der Waals surface area contributed by atoms with Crippen LogP contribution in [0.3, 0.4) is 0 Å². The maximum Gasteiger partial charge on any atom is 0.231 e. The number of nitrogens with zero attached hydrogens (tertiary/aromatic N) is 2. The molecule has 0 radical (unpaired) electrons. The molecule has 20 heavy (non-hydrogen) atoms. The second-order valence-corrected chi connectivity index (χ2v) is 4.37. The van der Waals surface area contributed by atoms with E-state index in [0.717, 1.165) is 5.56 Å². The van der Waals surface area contributed by atoms with Gasteiger partial charge in [-0.05, 0) is 42.0 Å². The van der Waals surface area contributed by atoms with Crippen LogP contribution in [0.4, 0.5) is 4.39 Å². The summed E-state index contributed by atoms with van der Waals surface area (Å²) in [4.78, 5) is 4.25. The first-order valence-corrected chi connectivity index (χ1v) is 6.07. The summed E-state index contributed by atoms with van der Waals surface area (Å²) in [5.41, 5.74) is 1.57. The van der Waals surface area contributed by atoms with Gasteiger partial charge in [-0.1, -0.05) is 17.3 Å². The van der Waals surface area contributed by atoms with E-state index in [4.69, 9.17) is 4.52 Å². The molecule has 0 aliphatic rings. The Morgan fingerprint density at radius 2 is 1.90 bits per heavy atom. The van der Waals surface area contributed by atoms with E-state index in [0.29, 0.717) is 23.7 Å². The molecule has 0 fully saturated rings. The Kier molecular flexibility index (Phi) is 3.16. The zero-order valence-electron chi connectivity index (χ0n) is 10.5. The molecule has 0 saturated carbocycles. The Bertz CT molecular complexity index is 723. The maximum absolute atomic E-state index is 12.8. The van der Waals surface area contributed by atoms with Gasteiger partial charge in [-0.3, -0.25) is 0 Å². The summed E-state index contributed by atoms with van der Waals surface area (Å²) in [6.07, 6.45) is 0.433. The first kappa shape index (κ1) is 12.3. The predicted molar refractivity (Wildman–Crippen MR) is 70.6 cm³/mol. The van der Waals surface area contributed by atoms with Gasteiger partial charge in [0.2, 0.25) is 11.7 Å². The molecule has 100 valence electrons. The molecule has 0 bridgehead atoms. The smallest absolute Gasteiger partial charge is 0.231 e. The van der Waals surface area contributed by atoms with Crippen molar-refractivity contribution in [1.82, 2.24) is 10.1 Å². The molecule has 0 spiro atoms. The fraction of sp³-hybridized carbons (Fsp3) is 0.0667. The van der Waals surface area contributed by atoms with Gasteiger partial charge in [-0.2, -0.15) is 4.98 Å². The van der Waals surface area contributed by atoms with E-state index in [2.05, 4.69) is 10.1 Å². The summed E-state index contributed by atoms with van der Waals surface area (Å²) in [5, 5.41) is 13.3. The van der Waals surface area contributed by atoms with Gasteiger partial charge in [-0.25, -0.2) is 4.39 Å². The first-order chi connectivity index (χ1) is 9.70. The minimum atomic E-state index is -0.308. The summed E-state index contributed by atoms with van der Waals surface area (Å²) in [6, 6.07) is 12.7. The lowest BCUT2D eigenvalue weighted by Crippen LogP contribution is -1.88. The van der Waals surface area contributed by atoms with Crippen molar-refractivity contribution < 1.29 is 14.0 Å². The highest BCUT2D eigenvalue weighted by Crippen LogP contribution is 2.18. The SMILES string of the molecule is Oc1cccc(Cc2nc(-c3ccc(F)cc3)no2)c1. The number of aromatic nitrogens is 2. The Hall–Kier alpha value is -2.69. The average molecular weight is 270 g/mol. The van der Waals surface area contributed by atoms with Crippen LogP contribution in [0.1, 0.15) is 11.5 Å². The molecular weight excluding hydrogens is 259 g/mol. The molecule has 3 aromatic rings. The summed E-state index contributed by atoms with van der Waals surface area (Å²) in [7, 11) is 0. The van der Waals surface area contributed by atoms with Gasteiger partial charge in [0.05, 0.1) is 6.42 Å². The van der Waals surface area contributed by atoms with Gasteiger partial charge in [0.1, 0.15) is 11.6 Å². The third-order valence-electron chi connectivity index (χ3n) is 2.84. The van der Waals surface area contributed by atoms with Crippen molar-refractivity contribution in [3.8, 4) is 17.1 Å². The third kappa shape index (κ3) is 2.66. The molecule has 0 aliphatic carbocycles. The normalized spacial score (nSPS) is 10.7. The molecule has 3 rings (SSSR count). The van der Waals surface area contributed by atoms with E-state index < -0.39 is 0 Å². The van der Waals surface area contributed by atoms with Gasteiger partial charge >= 0.3 is 0 Å². The zero-order chi connectivity index (χ0) is 13.9. The van der Waals surface area contributed by atoms with Gasteiger partial charge in [0, 0.05) is 5.56 Å². The highest BCUT2D eigenvalue weighted by Gasteiger charge is 2.09. The zero-order valence-corrected chi connectivity index (χ0v) is 10.5. The van der Waals surface area contributed by atoms with Gasteiger partial charge in [0.25, 0.3) is 0 Å². The lowest BCUT2D eigenvalue weighted by atomic mass is 10.1. The van der Waals surface area contributed by atoms with E-state index in [1.54, 1.807) is 30.3 Å². The molecule has 4 nitrogen and oxygen atoms in total. The maximum atomic E-state index is 12.8.